The average molecular weight is 325 g/mol. The zero-order chi connectivity index (χ0) is 16.2. The van der Waals surface area contributed by atoms with Crippen molar-refractivity contribution >= 4 is 10.1 Å². The minimum atomic E-state index is -6.09. The molecule has 1 aromatic heterocycles. The molecule has 0 aromatic carbocycles. The van der Waals surface area contributed by atoms with Crippen molar-refractivity contribution in [3.63, 3.8) is 0 Å². The van der Waals surface area contributed by atoms with E-state index in [1.165, 1.54) is 10.8 Å². The molecule has 11 heteroatoms. The Morgan fingerprint density at radius 1 is 1.15 bits per heavy atom. The molecule has 20 heavy (non-hydrogen) atoms. The van der Waals surface area contributed by atoms with Crippen LogP contribution in [0.15, 0.2) is 24.4 Å². The van der Waals surface area contributed by atoms with Gasteiger partial charge in [-0.15, -0.1) is 0 Å². The Labute approximate surface area is 110 Å². The quantitative estimate of drug-likeness (QED) is 0.343. The molecule has 0 spiro atoms. The lowest BCUT2D eigenvalue weighted by Crippen LogP contribution is -2.43. The van der Waals surface area contributed by atoms with Gasteiger partial charge in [-0.1, -0.05) is 6.07 Å². The summed E-state index contributed by atoms with van der Waals surface area (Å²) in [5.74, 6) is 0. The van der Waals surface area contributed by atoms with Crippen LogP contribution in [0.3, 0.4) is 0 Å². The number of pyridine rings is 1. The van der Waals surface area contributed by atoms with Crippen molar-refractivity contribution in [2.24, 2.45) is 0 Å². The van der Waals surface area contributed by atoms with Crippen LogP contribution in [0.1, 0.15) is 5.69 Å². The van der Waals surface area contributed by atoms with Gasteiger partial charge in [0.1, 0.15) is 0 Å². The highest BCUT2D eigenvalue weighted by molar-refractivity contribution is 7.86. The first-order valence-electron chi connectivity index (χ1n) is 4.78. The van der Waals surface area contributed by atoms with Crippen LogP contribution in [0.2, 0.25) is 0 Å². The van der Waals surface area contributed by atoms with Crippen LogP contribution < -0.4 is 4.57 Å². The van der Waals surface area contributed by atoms with E-state index < -0.39 is 28.3 Å². The van der Waals surface area contributed by atoms with Gasteiger partial charge in [0.05, 0.1) is 0 Å². The minimum absolute atomic E-state index is 0.606. The molecule has 0 fully saturated rings. The van der Waals surface area contributed by atoms with Crippen molar-refractivity contribution in [2.45, 2.75) is 25.2 Å². The maximum absolute atomic E-state index is 11.9. The lowest BCUT2D eigenvalue weighted by molar-refractivity contribution is -0.724. The second-order valence-electron chi connectivity index (χ2n) is 3.48. The summed E-state index contributed by atoms with van der Waals surface area (Å²) in [5, 5.41) is 0. The summed E-state index contributed by atoms with van der Waals surface area (Å²) in [7, 11) is -6.09. The largest absolute Gasteiger partial charge is 0.741 e. The van der Waals surface area contributed by atoms with Crippen LogP contribution in [0.25, 0.3) is 0 Å². The van der Waals surface area contributed by atoms with Gasteiger partial charge in [0.15, 0.2) is 22.0 Å². The Bertz CT molecular complexity index is 537. The molecule has 0 saturated carbocycles. The molecule has 0 amide bonds. The lowest BCUT2D eigenvalue weighted by atomic mass is 10.3. The number of hydrogen-bond donors (Lipinski definition) is 0. The minimum Gasteiger partial charge on any atom is -0.741 e. The molecular weight excluding hydrogens is 316 g/mol. The Morgan fingerprint density at radius 2 is 1.60 bits per heavy atom. The van der Waals surface area contributed by atoms with Crippen LogP contribution in [-0.2, 0) is 16.7 Å². The van der Waals surface area contributed by atoms with Crippen LogP contribution in [-0.4, -0.2) is 24.7 Å². The smallest absolute Gasteiger partial charge is 0.485 e. The van der Waals surface area contributed by atoms with E-state index in [-0.39, 0.29) is 0 Å². The Kier molecular flexibility index (Phi) is 5.96. The molecule has 0 bridgehead atoms. The van der Waals surface area contributed by atoms with Gasteiger partial charge in [-0.2, -0.15) is 30.9 Å². The van der Waals surface area contributed by atoms with E-state index in [2.05, 4.69) is 0 Å². The van der Waals surface area contributed by atoms with E-state index in [4.69, 9.17) is 13.0 Å². The maximum atomic E-state index is 11.9. The third kappa shape index (κ3) is 7.28. The van der Waals surface area contributed by atoms with Gasteiger partial charge in [-0.3, -0.25) is 0 Å². The number of alkyl halides is 6. The predicted octanol–water partition coefficient (Wildman–Crippen LogP) is 1.90. The van der Waals surface area contributed by atoms with Crippen LogP contribution in [0.5, 0.6) is 0 Å². The highest BCUT2D eigenvalue weighted by Gasteiger charge is 2.37. The Hall–Kier alpha value is -1.36. The van der Waals surface area contributed by atoms with Crippen molar-refractivity contribution in [3.8, 4) is 0 Å². The van der Waals surface area contributed by atoms with Crippen molar-refractivity contribution in [2.75, 3.05) is 0 Å². The van der Waals surface area contributed by atoms with Gasteiger partial charge >= 0.3 is 11.7 Å². The lowest BCUT2D eigenvalue weighted by Gasteiger charge is -2.08. The molecule has 0 atom stereocenters. The van der Waals surface area contributed by atoms with Crippen molar-refractivity contribution in [3.05, 3.63) is 30.1 Å². The molecule has 0 N–H and O–H groups in total. The first-order valence-corrected chi connectivity index (χ1v) is 6.19. The van der Waals surface area contributed by atoms with Gasteiger partial charge in [0.2, 0.25) is 6.54 Å². The summed E-state index contributed by atoms with van der Waals surface area (Å²) < 4.78 is 95.8. The molecule has 0 radical (unpaired) electrons. The van der Waals surface area contributed by atoms with E-state index >= 15 is 0 Å². The Morgan fingerprint density at radius 3 is 1.90 bits per heavy atom. The van der Waals surface area contributed by atoms with Crippen LogP contribution >= 0.6 is 0 Å². The molecule has 0 aliphatic carbocycles. The summed E-state index contributed by atoms with van der Waals surface area (Å²) in [6, 6.07) is 4.94. The zero-order valence-corrected chi connectivity index (χ0v) is 10.7. The summed E-state index contributed by atoms with van der Waals surface area (Å²) >= 11 is 0. The summed E-state index contributed by atoms with van der Waals surface area (Å²) in [5.41, 5.74) is -5.04. The molecule has 0 aliphatic heterocycles. The van der Waals surface area contributed by atoms with E-state index in [1.54, 1.807) is 25.1 Å². The number of aromatic nitrogens is 1. The fourth-order valence-corrected chi connectivity index (χ4v) is 0.932. The number of rotatable bonds is 1. The SMILES string of the molecule is Cc1cccc[n+]1CC(F)(F)F.O=S(=O)([O-])C(F)(F)F. The topological polar surface area (TPSA) is 61.1 Å². The standard InChI is InChI=1S/C8H9F3N.CHF3O3S/c1-7-4-2-3-5-12(7)6-8(9,10)11;2-1(3,4)8(5,6)7/h2-5H,6H2,1H3;(H,5,6,7)/q+1;/p-1. The van der Waals surface area contributed by atoms with Crippen molar-refractivity contribution in [1.82, 2.24) is 0 Å². The number of hydrogen-bond acceptors (Lipinski definition) is 3. The van der Waals surface area contributed by atoms with Gasteiger partial charge in [-0.05, 0) is 0 Å². The van der Waals surface area contributed by atoms with E-state index in [0.29, 0.717) is 5.69 Å². The molecule has 0 aliphatic rings. The number of aryl methyl sites for hydroxylation is 1. The van der Waals surface area contributed by atoms with E-state index in [0.717, 1.165) is 0 Å². The molecule has 1 heterocycles. The van der Waals surface area contributed by atoms with Gasteiger partial charge in [-0.25, -0.2) is 8.42 Å². The fourth-order valence-electron chi connectivity index (χ4n) is 0.932. The molecule has 0 unspecified atom stereocenters. The summed E-state index contributed by atoms with van der Waals surface area (Å²) in [6.45, 7) is 0.728. The average Bonchev–Trinajstić information content (AvgIpc) is 2.17. The van der Waals surface area contributed by atoms with E-state index in [9.17, 15) is 26.3 Å². The highest BCUT2D eigenvalue weighted by atomic mass is 32.2. The Balaban J connectivity index is 0.000000396. The molecular formula is C9H9F6NO3S. The molecule has 0 saturated heterocycles. The van der Waals surface area contributed by atoms with Gasteiger partial charge in [0.25, 0.3) is 0 Å². The van der Waals surface area contributed by atoms with Crippen molar-refractivity contribution < 1.29 is 43.9 Å². The molecule has 1 aromatic rings. The fraction of sp³-hybridized carbons (Fsp3) is 0.444. The monoisotopic (exact) mass is 325 g/mol. The first kappa shape index (κ1) is 18.6. The second-order valence-corrected chi connectivity index (χ2v) is 4.86. The normalized spacial score (nSPS) is 12.6. The van der Waals surface area contributed by atoms with Gasteiger partial charge < -0.3 is 4.55 Å². The summed E-state index contributed by atoms with van der Waals surface area (Å²) in [6.07, 6.45) is -2.72. The highest BCUT2D eigenvalue weighted by Crippen LogP contribution is 2.20. The molecule has 4 nitrogen and oxygen atoms in total. The zero-order valence-electron chi connectivity index (χ0n) is 9.86. The third-order valence-corrected chi connectivity index (χ3v) is 2.37. The molecule has 116 valence electrons. The van der Waals surface area contributed by atoms with Crippen molar-refractivity contribution in [1.29, 1.82) is 0 Å². The third-order valence-electron chi connectivity index (χ3n) is 1.80. The second kappa shape index (κ2) is 6.39. The maximum Gasteiger partial charge on any atom is 0.485 e. The summed E-state index contributed by atoms with van der Waals surface area (Å²) in [4.78, 5) is 0. The van der Waals surface area contributed by atoms with Crippen LogP contribution in [0.4, 0.5) is 26.3 Å². The number of halogens is 6. The molecule has 1 rings (SSSR count). The predicted molar refractivity (Wildman–Crippen MR) is 53.2 cm³/mol. The number of nitrogens with zero attached hydrogens (tertiary/aromatic N) is 1. The van der Waals surface area contributed by atoms with Crippen LogP contribution in [0, 0.1) is 6.92 Å². The first-order chi connectivity index (χ1) is 8.74. The van der Waals surface area contributed by atoms with E-state index in [1.807, 2.05) is 0 Å². The van der Waals surface area contributed by atoms with Gasteiger partial charge in [0, 0.05) is 19.1 Å².